The fourth-order valence-electron chi connectivity index (χ4n) is 3.64. The Morgan fingerprint density at radius 2 is 1.75 bits per heavy atom. The third-order valence-corrected chi connectivity index (χ3v) is 5.17. The summed E-state index contributed by atoms with van der Waals surface area (Å²) in [6, 6.07) is 18.0. The minimum Gasteiger partial charge on any atom is -0.372 e. The molecule has 2 aromatic carbocycles. The topological polar surface area (TPSA) is 48.9 Å². The normalized spacial score (nSPS) is 17.1. The second-order valence-electron chi connectivity index (χ2n) is 7.65. The minimum absolute atomic E-state index is 0. The van der Waals surface area contributed by atoms with Crippen LogP contribution >= 0.6 is 24.0 Å². The zero-order chi connectivity index (χ0) is 22.1. The molecule has 0 radical (unpaired) electrons. The van der Waals surface area contributed by atoms with Crippen LogP contribution in [0.5, 0.6) is 0 Å². The number of aliphatic imine (C=N–C) groups is 1. The Balaban J connectivity index is 0.00000363. The molecule has 32 heavy (non-hydrogen) atoms. The van der Waals surface area contributed by atoms with Gasteiger partial charge in [0, 0.05) is 32.7 Å². The monoisotopic (exact) mass is 562 g/mol. The van der Waals surface area contributed by atoms with Crippen molar-refractivity contribution in [3.63, 3.8) is 0 Å². The van der Waals surface area contributed by atoms with Gasteiger partial charge < -0.3 is 15.4 Å². The number of nitrogens with one attached hydrogen (secondary N) is 2. The average Bonchev–Trinajstić information content (AvgIpc) is 3.17. The van der Waals surface area contributed by atoms with Crippen LogP contribution in [0, 0.1) is 0 Å². The maximum atomic E-state index is 12.6. The van der Waals surface area contributed by atoms with Gasteiger partial charge in [-0.05, 0) is 23.1 Å². The van der Waals surface area contributed by atoms with Crippen molar-refractivity contribution in [2.45, 2.75) is 38.4 Å². The summed E-state index contributed by atoms with van der Waals surface area (Å²) in [6.07, 6.45) is -3.51. The van der Waals surface area contributed by atoms with E-state index in [1.165, 1.54) is 4.90 Å². The van der Waals surface area contributed by atoms with Crippen molar-refractivity contribution in [2.24, 2.45) is 4.99 Å². The highest BCUT2D eigenvalue weighted by atomic mass is 127. The van der Waals surface area contributed by atoms with Gasteiger partial charge in [0.25, 0.3) is 0 Å². The highest BCUT2D eigenvalue weighted by Gasteiger charge is 2.34. The van der Waals surface area contributed by atoms with Gasteiger partial charge in [0.15, 0.2) is 5.96 Å². The highest BCUT2D eigenvalue weighted by molar-refractivity contribution is 14.0. The Hall–Kier alpha value is -1.85. The van der Waals surface area contributed by atoms with Crippen LogP contribution in [0.1, 0.15) is 23.1 Å². The maximum Gasteiger partial charge on any atom is 0.401 e. The standard InChI is InChI=1S/C23H29F3N4O.HI/c1-27-22(29-21-11-12-30(14-21)17-23(24,25)26)28-13-19-9-5-6-10-20(19)16-31-15-18-7-3-2-4-8-18;/h2-10,21H,11-17H2,1H3,(H2,27,28,29);1H. The number of nitrogens with zero attached hydrogens (tertiary/aromatic N) is 2. The number of likely N-dealkylation sites (tertiary alicyclic amines) is 1. The van der Waals surface area contributed by atoms with E-state index in [9.17, 15) is 13.2 Å². The zero-order valence-electron chi connectivity index (χ0n) is 18.1. The molecule has 1 unspecified atom stereocenters. The van der Waals surface area contributed by atoms with Crippen LogP contribution in [0.15, 0.2) is 59.6 Å². The molecule has 176 valence electrons. The number of halogens is 4. The molecule has 5 nitrogen and oxygen atoms in total. The molecule has 9 heteroatoms. The van der Waals surface area contributed by atoms with Crippen molar-refractivity contribution in [2.75, 3.05) is 26.7 Å². The number of benzene rings is 2. The van der Waals surface area contributed by atoms with Crippen LogP contribution in [0.3, 0.4) is 0 Å². The van der Waals surface area contributed by atoms with E-state index in [4.69, 9.17) is 4.74 Å². The van der Waals surface area contributed by atoms with E-state index in [-0.39, 0.29) is 30.0 Å². The lowest BCUT2D eigenvalue weighted by Gasteiger charge is -2.20. The lowest BCUT2D eigenvalue weighted by atomic mass is 10.1. The largest absolute Gasteiger partial charge is 0.401 e. The third-order valence-electron chi connectivity index (χ3n) is 5.17. The van der Waals surface area contributed by atoms with Crippen LogP contribution < -0.4 is 10.6 Å². The van der Waals surface area contributed by atoms with Crippen LogP contribution in [0.4, 0.5) is 13.2 Å². The summed E-state index contributed by atoms with van der Waals surface area (Å²) in [5, 5.41) is 6.50. The van der Waals surface area contributed by atoms with Crippen molar-refractivity contribution in [3.05, 3.63) is 71.3 Å². The summed E-state index contributed by atoms with van der Waals surface area (Å²) in [5.41, 5.74) is 3.29. The van der Waals surface area contributed by atoms with Gasteiger partial charge in [-0.25, -0.2) is 0 Å². The van der Waals surface area contributed by atoms with Gasteiger partial charge >= 0.3 is 6.18 Å². The molecule has 1 atom stereocenters. The van der Waals surface area contributed by atoms with Gasteiger partial charge in [-0.2, -0.15) is 13.2 Å². The summed E-state index contributed by atoms with van der Waals surface area (Å²) in [5.74, 6) is 0.582. The molecule has 3 rings (SSSR count). The van der Waals surface area contributed by atoms with E-state index in [2.05, 4.69) is 15.6 Å². The quantitative estimate of drug-likeness (QED) is 0.286. The van der Waals surface area contributed by atoms with Gasteiger partial charge in [0.05, 0.1) is 19.8 Å². The summed E-state index contributed by atoms with van der Waals surface area (Å²) < 4.78 is 43.6. The van der Waals surface area contributed by atoms with Crippen molar-refractivity contribution in [1.82, 2.24) is 15.5 Å². The lowest BCUT2D eigenvalue weighted by molar-refractivity contribution is -0.143. The first-order chi connectivity index (χ1) is 14.9. The number of ether oxygens (including phenoxy) is 1. The first kappa shape index (κ1) is 26.4. The fraction of sp³-hybridized carbons (Fsp3) is 0.435. The zero-order valence-corrected chi connectivity index (χ0v) is 20.4. The molecular formula is C23H30F3IN4O. The van der Waals surface area contributed by atoms with E-state index < -0.39 is 12.7 Å². The van der Waals surface area contributed by atoms with E-state index >= 15 is 0 Å². The molecule has 0 bridgehead atoms. The number of alkyl halides is 3. The van der Waals surface area contributed by atoms with Gasteiger partial charge in [0.2, 0.25) is 0 Å². The minimum atomic E-state index is -4.17. The van der Waals surface area contributed by atoms with Crippen molar-refractivity contribution < 1.29 is 17.9 Å². The van der Waals surface area contributed by atoms with Crippen molar-refractivity contribution in [3.8, 4) is 0 Å². The Morgan fingerprint density at radius 1 is 1.06 bits per heavy atom. The van der Waals surface area contributed by atoms with E-state index in [0.717, 1.165) is 16.7 Å². The van der Waals surface area contributed by atoms with Crippen molar-refractivity contribution >= 4 is 29.9 Å². The van der Waals surface area contributed by atoms with Gasteiger partial charge in [-0.15, -0.1) is 24.0 Å². The SMILES string of the molecule is CN=C(NCc1ccccc1COCc1ccccc1)NC1CCN(CC(F)(F)F)C1.I. The summed E-state index contributed by atoms with van der Waals surface area (Å²) in [6.45, 7) is 1.49. The molecule has 1 heterocycles. The fourth-order valence-corrected chi connectivity index (χ4v) is 3.64. The highest BCUT2D eigenvalue weighted by Crippen LogP contribution is 2.20. The molecule has 1 aliphatic heterocycles. The molecule has 2 N–H and O–H groups in total. The van der Waals surface area contributed by atoms with Crippen LogP contribution in [0.2, 0.25) is 0 Å². The van der Waals surface area contributed by atoms with Crippen molar-refractivity contribution in [1.29, 1.82) is 0 Å². The average molecular weight is 562 g/mol. The molecule has 1 fully saturated rings. The van der Waals surface area contributed by atoms with E-state index in [0.29, 0.717) is 45.2 Å². The molecular weight excluding hydrogens is 532 g/mol. The number of hydrogen-bond acceptors (Lipinski definition) is 3. The molecule has 0 aromatic heterocycles. The predicted octanol–water partition coefficient (Wildman–Crippen LogP) is 4.32. The van der Waals surface area contributed by atoms with E-state index in [1.807, 2.05) is 54.6 Å². The predicted molar refractivity (Wildman–Crippen MR) is 131 cm³/mol. The number of hydrogen-bond donors (Lipinski definition) is 2. The maximum absolute atomic E-state index is 12.6. The van der Waals surface area contributed by atoms with E-state index in [1.54, 1.807) is 7.05 Å². The Kier molecular flexibility index (Phi) is 10.7. The molecule has 0 amide bonds. The second-order valence-corrected chi connectivity index (χ2v) is 7.65. The lowest BCUT2D eigenvalue weighted by Crippen LogP contribution is -2.45. The summed E-state index contributed by atoms with van der Waals surface area (Å²) in [7, 11) is 1.66. The smallest absolute Gasteiger partial charge is 0.372 e. The summed E-state index contributed by atoms with van der Waals surface area (Å²) in [4.78, 5) is 5.64. The van der Waals surface area contributed by atoms with Gasteiger partial charge in [0.1, 0.15) is 0 Å². The van der Waals surface area contributed by atoms with Crippen LogP contribution in [0.25, 0.3) is 0 Å². The Labute approximate surface area is 204 Å². The third kappa shape index (κ3) is 8.95. The molecule has 2 aromatic rings. The van der Waals surface area contributed by atoms with Gasteiger partial charge in [-0.1, -0.05) is 54.6 Å². The molecule has 0 saturated carbocycles. The first-order valence-electron chi connectivity index (χ1n) is 10.4. The Bertz CT molecular complexity index is 849. The molecule has 1 saturated heterocycles. The first-order valence-corrected chi connectivity index (χ1v) is 10.4. The molecule has 0 aliphatic carbocycles. The van der Waals surface area contributed by atoms with Gasteiger partial charge in [-0.3, -0.25) is 9.89 Å². The molecule has 1 aliphatic rings. The van der Waals surface area contributed by atoms with Crippen LogP contribution in [-0.2, 0) is 24.5 Å². The summed E-state index contributed by atoms with van der Waals surface area (Å²) >= 11 is 0. The Morgan fingerprint density at radius 3 is 2.44 bits per heavy atom. The number of guanidine groups is 1. The second kappa shape index (κ2) is 13.0. The molecule has 0 spiro atoms. The number of rotatable bonds is 8. The van der Waals surface area contributed by atoms with Crippen LogP contribution in [-0.4, -0.2) is 49.8 Å².